The van der Waals surface area contributed by atoms with Gasteiger partial charge >= 0.3 is 0 Å². The van der Waals surface area contributed by atoms with Gasteiger partial charge in [0.2, 0.25) is 0 Å². The average molecular weight is 312 g/mol. The zero-order chi connectivity index (χ0) is 15.6. The minimum absolute atomic E-state index is 0.0189. The molecule has 0 amide bonds. The number of rotatable bonds is 4. The molecule has 112 valence electrons. The fourth-order valence-electron chi connectivity index (χ4n) is 1.92. The molecule has 0 fully saturated rings. The van der Waals surface area contributed by atoms with Crippen LogP contribution < -0.4 is 10.1 Å². The van der Waals surface area contributed by atoms with Crippen LogP contribution in [0.25, 0.3) is 0 Å². The fraction of sp³-hybridized carbons (Fsp3) is 0.250. The summed E-state index contributed by atoms with van der Waals surface area (Å²) in [5, 5.41) is 3.02. The van der Waals surface area contributed by atoms with E-state index in [0.29, 0.717) is 22.6 Å². The summed E-state index contributed by atoms with van der Waals surface area (Å²) >= 11 is 5.74. The summed E-state index contributed by atoms with van der Waals surface area (Å²) < 4.78 is 32.7. The van der Waals surface area contributed by atoms with Crippen molar-refractivity contribution in [1.82, 2.24) is 5.32 Å². The van der Waals surface area contributed by atoms with E-state index < -0.39 is 5.82 Å². The maximum absolute atomic E-state index is 13.8. The number of benzene rings is 2. The Morgan fingerprint density at radius 3 is 2.48 bits per heavy atom. The molecule has 0 bridgehead atoms. The van der Waals surface area contributed by atoms with Gasteiger partial charge in [-0.15, -0.1) is 0 Å². The van der Waals surface area contributed by atoms with Gasteiger partial charge in [0.1, 0.15) is 23.1 Å². The van der Waals surface area contributed by atoms with Crippen LogP contribution in [0, 0.1) is 18.6 Å². The lowest BCUT2D eigenvalue weighted by Crippen LogP contribution is -2.13. The molecule has 1 atom stereocenters. The molecule has 0 saturated heterocycles. The maximum Gasteiger partial charge on any atom is 0.142 e. The highest BCUT2D eigenvalue weighted by atomic mass is 35.5. The van der Waals surface area contributed by atoms with Gasteiger partial charge in [0.15, 0.2) is 0 Å². The molecule has 1 N–H and O–H groups in total. The molecular weight excluding hydrogens is 296 g/mol. The smallest absolute Gasteiger partial charge is 0.142 e. The maximum atomic E-state index is 13.8. The molecule has 5 heteroatoms. The van der Waals surface area contributed by atoms with Gasteiger partial charge in [-0.05, 0) is 50.7 Å². The fourth-order valence-corrected chi connectivity index (χ4v) is 2.09. The molecule has 2 rings (SSSR count). The summed E-state index contributed by atoms with van der Waals surface area (Å²) in [6.07, 6.45) is 0. The van der Waals surface area contributed by atoms with Gasteiger partial charge in [-0.2, -0.15) is 0 Å². The summed E-state index contributed by atoms with van der Waals surface area (Å²) in [5.74, 6) is 0.107. The van der Waals surface area contributed by atoms with Gasteiger partial charge in [0, 0.05) is 17.7 Å². The van der Waals surface area contributed by atoms with Crippen molar-refractivity contribution in [3.05, 3.63) is 58.1 Å². The predicted octanol–water partition coefficient (Wildman–Crippen LogP) is 5.00. The molecule has 0 saturated carbocycles. The summed E-state index contributed by atoms with van der Waals surface area (Å²) in [6, 6.07) is 7.07. The molecular formula is C16H16ClF2NO. The van der Waals surface area contributed by atoms with E-state index in [2.05, 4.69) is 5.32 Å². The van der Waals surface area contributed by atoms with Gasteiger partial charge < -0.3 is 10.1 Å². The van der Waals surface area contributed by atoms with Crippen LogP contribution in [0.1, 0.15) is 24.1 Å². The van der Waals surface area contributed by atoms with Crippen molar-refractivity contribution >= 4 is 11.6 Å². The Balaban J connectivity index is 2.42. The van der Waals surface area contributed by atoms with Crippen LogP contribution in [0.15, 0.2) is 30.3 Å². The van der Waals surface area contributed by atoms with Crippen LogP contribution in [0.4, 0.5) is 8.78 Å². The average Bonchev–Trinajstić information content (AvgIpc) is 2.45. The molecule has 0 aliphatic rings. The van der Waals surface area contributed by atoms with E-state index in [1.165, 1.54) is 24.3 Å². The lowest BCUT2D eigenvalue weighted by atomic mass is 10.0. The van der Waals surface area contributed by atoms with Crippen molar-refractivity contribution in [3.8, 4) is 11.5 Å². The van der Waals surface area contributed by atoms with E-state index in [0.717, 1.165) is 0 Å². The Kier molecular flexibility index (Phi) is 4.80. The quantitative estimate of drug-likeness (QED) is 0.858. The third kappa shape index (κ3) is 3.52. The van der Waals surface area contributed by atoms with Crippen molar-refractivity contribution in [2.24, 2.45) is 0 Å². The first-order valence-electron chi connectivity index (χ1n) is 6.52. The third-order valence-electron chi connectivity index (χ3n) is 3.31. The first-order chi connectivity index (χ1) is 9.92. The Hall–Kier alpha value is -1.65. The zero-order valence-electron chi connectivity index (χ0n) is 12.0. The summed E-state index contributed by atoms with van der Waals surface area (Å²) in [6.45, 7) is 3.56. The first kappa shape index (κ1) is 15.7. The standard InChI is InChI=1S/C16H16ClF2NO/c1-9-6-16(12(8-15(9)19)10(2)20-3)21-11-4-5-14(18)13(17)7-11/h4-8,10,20H,1-3H3. The molecule has 0 radical (unpaired) electrons. The summed E-state index contributed by atoms with van der Waals surface area (Å²) in [5.41, 5.74) is 1.16. The number of hydrogen-bond donors (Lipinski definition) is 1. The second kappa shape index (κ2) is 6.41. The van der Waals surface area contributed by atoms with Gasteiger partial charge in [0.05, 0.1) is 5.02 Å². The van der Waals surface area contributed by atoms with Crippen LogP contribution >= 0.6 is 11.6 Å². The summed E-state index contributed by atoms with van der Waals surface area (Å²) in [7, 11) is 1.78. The highest BCUT2D eigenvalue weighted by Gasteiger charge is 2.15. The molecule has 2 aromatic carbocycles. The van der Waals surface area contributed by atoms with Gasteiger partial charge in [-0.1, -0.05) is 11.6 Å². The molecule has 21 heavy (non-hydrogen) atoms. The van der Waals surface area contributed by atoms with Crippen LogP contribution in [-0.2, 0) is 0 Å². The first-order valence-corrected chi connectivity index (χ1v) is 6.90. The van der Waals surface area contributed by atoms with Crippen LogP contribution in [0.2, 0.25) is 5.02 Å². The van der Waals surface area contributed by atoms with Crippen molar-refractivity contribution in [1.29, 1.82) is 0 Å². The Morgan fingerprint density at radius 2 is 1.86 bits per heavy atom. The van der Waals surface area contributed by atoms with Gasteiger partial charge in [0.25, 0.3) is 0 Å². The second-order valence-electron chi connectivity index (χ2n) is 4.83. The van der Waals surface area contributed by atoms with Crippen molar-refractivity contribution < 1.29 is 13.5 Å². The lowest BCUT2D eigenvalue weighted by Gasteiger charge is -2.17. The zero-order valence-corrected chi connectivity index (χ0v) is 12.8. The molecule has 0 aliphatic heterocycles. The predicted molar refractivity (Wildman–Crippen MR) is 80.1 cm³/mol. The molecule has 0 aliphatic carbocycles. The molecule has 2 aromatic rings. The normalized spacial score (nSPS) is 12.3. The van der Waals surface area contributed by atoms with Gasteiger partial charge in [-0.3, -0.25) is 0 Å². The second-order valence-corrected chi connectivity index (χ2v) is 5.23. The molecule has 1 unspecified atom stereocenters. The minimum atomic E-state index is -0.511. The third-order valence-corrected chi connectivity index (χ3v) is 3.60. The largest absolute Gasteiger partial charge is 0.457 e. The van der Waals surface area contributed by atoms with Crippen LogP contribution in [0.3, 0.4) is 0 Å². The van der Waals surface area contributed by atoms with Crippen LogP contribution in [0.5, 0.6) is 11.5 Å². The van der Waals surface area contributed by atoms with Crippen molar-refractivity contribution in [3.63, 3.8) is 0 Å². The summed E-state index contributed by atoms with van der Waals surface area (Å²) in [4.78, 5) is 0. The Bertz CT molecular complexity index is 661. The van der Waals surface area contributed by atoms with Crippen molar-refractivity contribution in [2.75, 3.05) is 7.05 Å². The number of nitrogens with one attached hydrogen (secondary N) is 1. The van der Waals surface area contributed by atoms with E-state index in [4.69, 9.17) is 16.3 Å². The van der Waals surface area contributed by atoms with Crippen LogP contribution in [-0.4, -0.2) is 7.05 Å². The molecule has 0 heterocycles. The van der Waals surface area contributed by atoms with E-state index in [1.54, 1.807) is 20.0 Å². The van der Waals surface area contributed by atoms with E-state index in [-0.39, 0.29) is 16.9 Å². The molecule has 0 aromatic heterocycles. The number of hydrogen-bond acceptors (Lipinski definition) is 2. The SMILES string of the molecule is CNC(C)c1cc(F)c(C)cc1Oc1ccc(F)c(Cl)c1. The molecule has 2 nitrogen and oxygen atoms in total. The topological polar surface area (TPSA) is 21.3 Å². The lowest BCUT2D eigenvalue weighted by molar-refractivity contribution is 0.460. The Labute approximate surface area is 127 Å². The number of ether oxygens (including phenoxy) is 1. The number of aryl methyl sites for hydroxylation is 1. The van der Waals surface area contributed by atoms with E-state index >= 15 is 0 Å². The highest BCUT2D eigenvalue weighted by Crippen LogP contribution is 2.33. The van der Waals surface area contributed by atoms with E-state index in [1.807, 2.05) is 6.92 Å². The highest BCUT2D eigenvalue weighted by molar-refractivity contribution is 6.30. The van der Waals surface area contributed by atoms with Crippen molar-refractivity contribution in [2.45, 2.75) is 19.9 Å². The number of halogens is 3. The van der Waals surface area contributed by atoms with E-state index in [9.17, 15) is 8.78 Å². The minimum Gasteiger partial charge on any atom is -0.457 e. The monoisotopic (exact) mass is 311 g/mol. The molecule has 0 spiro atoms. The Morgan fingerprint density at radius 1 is 1.14 bits per heavy atom. The van der Waals surface area contributed by atoms with Gasteiger partial charge in [-0.25, -0.2) is 8.78 Å².